The third-order valence-corrected chi connectivity index (χ3v) is 5.45. The van der Waals surface area contributed by atoms with Gasteiger partial charge in [-0.3, -0.25) is 9.59 Å². The molecule has 1 amide bonds. The number of rotatable bonds is 4. The molecule has 1 aliphatic rings. The first-order valence-electron chi connectivity index (χ1n) is 10.2. The molecule has 4 heterocycles. The van der Waals surface area contributed by atoms with Gasteiger partial charge in [-0.25, -0.2) is 9.67 Å². The topological polar surface area (TPSA) is 118 Å². The summed E-state index contributed by atoms with van der Waals surface area (Å²) in [5.41, 5.74) is 2.48. The van der Waals surface area contributed by atoms with Crippen molar-refractivity contribution in [2.75, 3.05) is 13.1 Å². The smallest absolute Gasteiger partial charge is 0.259 e. The van der Waals surface area contributed by atoms with Gasteiger partial charge in [0.05, 0.1) is 17.4 Å². The van der Waals surface area contributed by atoms with Gasteiger partial charge >= 0.3 is 0 Å². The molecule has 5 rings (SSSR count). The number of hydrogen-bond donors (Lipinski definition) is 3. The number of amides is 1. The average Bonchev–Trinajstić information content (AvgIpc) is 3.29. The Balaban J connectivity index is 1.36. The predicted octanol–water partition coefficient (Wildman–Crippen LogP) is 1.65. The van der Waals surface area contributed by atoms with Gasteiger partial charge in [0.1, 0.15) is 11.3 Å². The van der Waals surface area contributed by atoms with E-state index in [-0.39, 0.29) is 17.5 Å². The standard InChI is InChI=1S/C22H21N7O2/c30-21(25-16-7-10-23-11-8-16)14-3-5-17(6-4-14)29-13-19(27-28-29)18-12-15-2-1-9-24-20(15)26-22(18)31/h1-6,9,12-13,16,23H,7-8,10-11H2,(H,25,30)(H,24,26,31). The lowest BCUT2D eigenvalue weighted by Gasteiger charge is -2.23. The van der Waals surface area contributed by atoms with Crippen molar-refractivity contribution >= 4 is 16.9 Å². The molecule has 156 valence electrons. The number of carbonyl (C=O) groups excluding carboxylic acids is 1. The van der Waals surface area contributed by atoms with Crippen LogP contribution in [0.2, 0.25) is 0 Å². The van der Waals surface area contributed by atoms with Crippen molar-refractivity contribution in [1.29, 1.82) is 0 Å². The summed E-state index contributed by atoms with van der Waals surface area (Å²) < 4.78 is 1.58. The van der Waals surface area contributed by atoms with E-state index in [0.717, 1.165) is 37.0 Å². The molecular weight excluding hydrogens is 394 g/mol. The first kappa shape index (κ1) is 19.1. The van der Waals surface area contributed by atoms with E-state index in [0.29, 0.717) is 22.5 Å². The lowest BCUT2D eigenvalue weighted by molar-refractivity contribution is 0.0929. The van der Waals surface area contributed by atoms with Gasteiger partial charge in [0, 0.05) is 23.2 Å². The molecule has 0 unspecified atom stereocenters. The molecule has 1 aromatic carbocycles. The molecule has 0 bridgehead atoms. The van der Waals surface area contributed by atoms with Crippen LogP contribution in [-0.4, -0.2) is 50.0 Å². The molecule has 3 N–H and O–H groups in total. The molecular formula is C22H21N7O2. The lowest BCUT2D eigenvalue weighted by atomic mass is 10.1. The number of fused-ring (bicyclic) bond motifs is 1. The molecule has 0 spiro atoms. The highest BCUT2D eigenvalue weighted by molar-refractivity contribution is 5.94. The van der Waals surface area contributed by atoms with E-state index in [4.69, 9.17) is 0 Å². The van der Waals surface area contributed by atoms with E-state index in [1.807, 2.05) is 24.3 Å². The SMILES string of the molecule is O=C(NC1CCNCC1)c1ccc(-n2cc(-c3cc4cccnc4[nH]c3=O)nn2)cc1. The van der Waals surface area contributed by atoms with Crippen molar-refractivity contribution in [3.63, 3.8) is 0 Å². The van der Waals surface area contributed by atoms with Crippen molar-refractivity contribution in [2.24, 2.45) is 0 Å². The van der Waals surface area contributed by atoms with Crippen LogP contribution in [0.5, 0.6) is 0 Å². The molecule has 1 saturated heterocycles. The van der Waals surface area contributed by atoms with Gasteiger partial charge in [-0.2, -0.15) is 0 Å². The summed E-state index contributed by atoms with van der Waals surface area (Å²) in [7, 11) is 0. The molecule has 9 nitrogen and oxygen atoms in total. The minimum absolute atomic E-state index is 0.0750. The maximum Gasteiger partial charge on any atom is 0.259 e. The van der Waals surface area contributed by atoms with E-state index < -0.39 is 0 Å². The molecule has 4 aromatic rings. The molecule has 9 heteroatoms. The van der Waals surface area contributed by atoms with Gasteiger partial charge in [0.15, 0.2) is 0 Å². The van der Waals surface area contributed by atoms with Crippen LogP contribution in [-0.2, 0) is 0 Å². The fourth-order valence-electron chi connectivity index (χ4n) is 3.74. The van der Waals surface area contributed by atoms with E-state index >= 15 is 0 Å². The quantitative estimate of drug-likeness (QED) is 0.467. The van der Waals surface area contributed by atoms with Gasteiger partial charge in [-0.05, 0) is 68.4 Å². The van der Waals surface area contributed by atoms with Crippen LogP contribution in [0.15, 0.2) is 59.7 Å². The Morgan fingerprint density at radius 1 is 1.13 bits per heavy atom. The highest BCUT2D eigenvalue weighted by Gasteiger charge is 2.16. The van der Waals surface area contributed by atoms with Gasteiger partial charge in [-0.15, -0.1) is 5.10 Å². The number of pyridine rings is 2. The number of carbonyl (C=O) groups is 1. The van der Waals surface area contributed by atoms with Crippen molar-refractivity contribution in [3.05, 3.63) is 70.8 Å². The summed E-state index contributed by atoms with van der Waals surface area (Å²) in [5, 5.41) is 15.5. The molecule has 1 aliphatic heterocycles. The summed E-state index contributed by atoms with van der Waals surface area (Å²) in [6, 6.07) is 12.8. The van der Waals surface area contributed by atoms with E-state index in [1.165, 1.54) is 0 Å². The average molecular weight is 415 g/mol. The molecule has 31 heavy (non-hydrogen) atoms. The molecule has 3 aromatic heterocycles. The van der Waals surface area contributed by atoms with Crippen LogP contribution in [0.1, 0.15) is 23.2 Å². The van der Waals surface area contributed by atoms with Crippen molar-refractivity contribution < 1.29 is 4.79 Å². The Morgan fingerprint density at radius 2 is 1.94 bits per heavy atom. The predicted molar refractivity (Wildman–Crippen MR) is 116 cm³/mol. The monoisotopic (exact) mass is 415 g/mol. The van der Waals surface area contributed by atoms with Gasteiger partial charge in [0.25, 0.3) is 11.5 Å². The first-order chi connectivity index (χ1) is 15.2. The molecule has 0 aliphatic carbocycles. The largest absolute Gasteiger partial charge is 0.349 e. The van der Waals surface area contributed by atoms with Crippen LogP contribution in [0, 0.1) is 0 Å². The van der Waals surface area contributed by atoms with Crippen molar-refractivity contribution in [3.8, 4) is 16.9 Å². The minimum atomic E-state index is -0.275. The number of aromatic amines is 1. The Labute approximate surface area is 177 Å². The zero-order valence-corrected chi connectivity index (χ0v) is 16.7. The normalized spacial score (nSPS) is 14.6. The van der Waals surface area contributed by atoms with E-state index in [1.54, 1.807) is 35.3 Å². The van der Waals surface area contributed by atoms with Crippen LogP contribution in [0.4, 0.5) is 0 Å². The maximum absolute atomic E-state index is 12.5. The van der Waals surface area contributed by atoms with Gasteiger partial charge < -0.3 is 15.6 Å². The Morgan fingerprint density at radius 3 is 2.74 bits per heavy atom. The fourth-order valence-corrected chi connectivity index (χ4v) is 3.74. The fraction of sp³-hybridized carbons (Fsp3) is 0.227. The van der Waals surface area contributed by atoms with Gasteiger partial charge in [0.2, 0.25) is 0 Å². The Kier molecular flexibility index (Phi) is 5.01. The summed E-state index contributed by atoms with van der Waals surface area (Å²) >= 11 is 0. The lowest BCUT2D eigenvalue weighted by Crippen LogP contribution is -2.42. The number of aromatic nitrogens is 5. The van der Waals surface area contributed by atoms with Gasteiger partial charge in [-0.1, -0.05) is 5.21 Å². The molecule has 0 radical (unpaired) electrons. The second-order valence-corrected chi connectivity index (χ2v) is 7.55. The number of hydrogen-bond acceptors (Lipinski definition) is 6. The first-order valence-corrected chi connectivity index (χ1v) is 10.2. The molecule has 1 fully saturated rings. The third-order valence-electron chi connectivity index (χ3n) is 5.45. The van der Waals surface area contributed by atoms with Crippen LogP contribution >= 0.6 is 0 Å². The Bertz CT molecular complexity index is 1290. The van der Waals surface area contributed by atoms with Crippen LogP contribution in [0.25, 0.3) is 28.0 Å². The highest BCUT2D eigenvalue weighted by atomic mass is 16.1. The maximum atomic E-state index is 12.5. The highest BCUT2D eigenvalue weighted by Crippen LogP contribution is 2.18. The van der Waals surface area contributed by atoms with E-state index in [2.05, 4.69) is 30.9 Å². The number of H-pyrrole nitrogens is 1. The molecule has 0 saturated carbocycles. The second kappa shape index (κ2) is 8.11. The number of benzene rings is 1. The zero-order valence-electron chi connectivity index (χ0n) is 16.7. The summed E-state index contributed by atoms with van der Waals surface area (Å²) in [4.78, 5) is 31.8. The second-order valence-electron chi connectivity index (χ2n) is 7.55. The summed E-state index contributed by atoms with van der Waals surface area (Å²) in [6.07, 6.45) is 5.20. The zero-order chi connectivity index (χ0) is 21.2. The summed E-state index contributed by atoms with van der Waals surface area (Å²) in [6.45, 7) is 1.85. The van der Waals surface area contributed by atoms with Crippen molar-refractivity contribution in [2.45, 2.75) is 18.9 Å². The minimum Gasteiger partial charge on any atom is -0.349 e. The third kappa shape index (κ3) is 3.95. The van der Waals surface area contributed by atoms with Crippen LogP contribution in [0.3, 0.4) is 0 Å². The summed E-state index contributed by atoms with van der Waals surface area (Å²) in [5.74, 6) is -0.0750. The van der Waals surface area contributed by atoms with Crippen molar-refractivity contribution in [1.82, 2.24) is 35.6 Å². The molecule has 0 atom stereocenters. The number of nitrogens with one attached hydrogen (secondary N) is 3. The Hall–Kier alpha value is -3.85. The number of nitrogens with zero attached hydrogens (tertiary/aromatic N) is 4. The van der Waals surface area contributed by atoms with E-state index in [9.17, 15) is 9.59 Å². The number of piperidine rings is 1. The van der Waals surface area contributed by atoms with Crippen LogP contribution < -0.4 is 16.2 Å².